The molecule has 0 saturated carbocycles. The Morgan fingerprint density at radius 1 is 1.39 bits per heavy atom. The molecule has 2 N–H and O–H groups in total. The van der Waals surface area contributed by atoms with E-state index in [0.29, 0.717) is 6.10 Å². The molecular formula is C15H24N2O. The van der Waals surface area contributed by atoms with Gasteiger partial charge in [-0.15, -0.1) is 0 Å². The zero-order chi connectivity index (χ0) is 13.0. The van der Waals surface area contributed by atoms with Gasteiger partial charge < -0.3 is 10.5 Å². The van der Waals surface area contributed by atoms with Gasteiger partial charge in [0.2, 0.25) is 0 Å². The average molecular weight is 248 g/mol. The minimum absolute atomic E-state index is 0.0934. The number of hydrogen-bond donors (Lipinski definition) is 1. The van der Waals surface area contributed by atoms with Crippen molar-refractivity contribution in [2.24, 2.45) is 5.73 Å². The number of nitrogens with two attached hydrogens (primary N) is 1. The molecule has 1 saturated heterocycles. The standard InChI is InChI=1S/C15H24N2O/c1-12-4-6-14(7-5-12)15(16)11-17-8-3-9-18-13(2)10-17/h4-7,13,15H,3,8-11,16H2,1-2H3. The molecule has 0 aromatic heterocycles. The molecule has 1 aliphatic heterocycles. The van der Waals surface area contributed by atoms with Gasteiger partial charge >= 0.3 is 0 Å². The molecular weight excluding hydrogens is 224 g/mol. The maximum atomic E-state index is 6.29. The van der Waals surface area contributed by atoms with E-state index >= 15 is 0 Å². The molecule has 1 heterocycles. The van der Waals surface area contributed by atoms with Crippen LogP contribution in [0, 0.1) is 6.92 Å². The maximum Gasteiger partial charge on any atom is 0.0673 e. The lowest BCUT2D eigenvalue weighted by atomic mass is 10.1. The van der Waals surface area contributed by atoms with Crippen molar-refractivity contribution in [1.82, 2.24) is 4.90 Å². The number of rotatable bonds is 3. The van der Waals surface area contributed by atoms with Gasteiger partial charge in [0, 0.05) is 32.3 Å². The molecule has 100 valence electrons. The van der Waals surface area contributed by atoms with Gasteiger partial charge in [-0.2, -0.15) is 0 Å². The van der Waals surface area contributed by atoms with Gasteiger partial charge in [0.25, 0.3) is 0 Å². The predicted octanol–water partition coefficient (Wildman–Crippen LogP) is 2.11. The molecule has 0 aliphatic carbocycles. The lowest BCUT2D eigenvalue weighted by Crippen LogP contribution is -2.36. The van der Waals surface area contributed by atoms with E-state index in [4.69, 9.17) is 10.5 Å². The summed E-state index contributed by atoms with van der Waals surface area (Å²) in [4.78, 5) is 2.42. The SMILES string of the molecule is Cc1ccc(C(N)CN2CCCOC(C)C2)cc1. The van der Waals surface area contributed by atoms with E-state index in [1.807, 2.05) is 0 Å². The highest BCUT2D eigenvalue weighted by atomic mass is 16.5. The molecule has 1 aromatic rings. The van der Waals surface area contributed by atoms with Crippen LogP contribution in [0.4, 0.5) is 0 Å². The summed E-state index contributed by atoms with van der Waals surface area (Å²) in [5, 5.41) is 0. The maximum absolute atomic E-state index is 6.29. The monoisotopic (exact) mass is 248 g/mol. The van der Waals surface area contributed by atoms with E-state index < -0.39 is 0 Å². The third-order valence-electron chi connectivity index (χ3n) is 3.50. The van der Waals surface area contributed by atoms with E-state index in [2.05, 4.69) is 43.0 Å². The van der Waals surface area contributed by atoms with Crippen LogP contribution in [0.25, 0.3) is 0 Å². The second-order valence-electron chi connectivity index (χ2n) is 5.31. The van der Waals surface area contributed by atoms with E-state index in [9.17, 15) is 0 Å². The Labute approximate surface area is 110 Å². The largest absolute Gasteiger partial charge is 0.377 e. The lowest BCUT2D eigenvalue weighted by Gasteiger charge is -2.25. The number of hydrogen-bond acceptors (Lipinski definition) is 3. The van der Waals surface area contributed by atoms with Crippen LogP contribution in [0.5, 0.6) is 0 Å². The Kier molecular flexibility index (Phi) is 4.75. The highest BCUT2D eigenvalue weighted by Crippen LogP contribution is 2.15. The molecule has 0 amide bonds. The van der Waals surface area contributed by atoms with Crippen LogP contribution >= 0.6 is 0 Å². The van der Waals surface area contributed by atoms with Gasteiger partial charge in [0.05, 0.1) is 6.10 Å². The molecule has 18 heavy (non-hydrogen) atoms. The smallest absolute Gasteiger partial charge is 0.0673 e. The summed E-state index contributed by atoms with van der Waals surface area (Å²) >= 11 is 0. The zero-order valence-electron chi connectivity index (χ0n) is 11.4. The zero-order valence-corrected chi connectivity index (χ0v) is 11.4. The van der Waals surface area contributed by atoms with E-state index in [1.54, 1.807) is 0 Å². The van der Waals surface area contributed by atoms with Crippen LogP contribution in [-0.2, 0) is 4.74 Å². The van der Waals surface area contributed by atoms with Crippen molar-refractivity contribution in [2.45, 2.75) is 32.4 Å². The molecule has 3 nitrogen and oxygen atoms in total. The van der Waals surface area contributed by atoms with Crippen LogP contribution in [0.3, 0.4) is 0 Å². The first-order chi connectivity index (χ1) is 8.65. The van der Waals surface area contributed by atoms with E-state index in [-0.39, 0.29) is 6.04 Å². The average Bonchev–Trinajstić information content (AvgIpc) is 2.54. The summed E-state index contributed by atoms with van der Waals surface area (Å²) in [6.45, 7) is 8.09. The first kappa shape index (κ1) is 13.5. The first-order valence-electron chi connectivity index (χ1n) is 6.81. The molecule has 1 fully saturated rings. The normalized spacial score (nSPS) is 23.6. The number of nitrogens with zero attached hydrogens (tertiary/aromatic N) is 1. The molecule has 0 spiro atoms. The molecule has 2 atom stereocenters. The van der Waals surface area contributed by atoms with E-state index in [1.165, 1.54) is 11.1 Å². The second-order valence-corrected chi connectivity index (χ2v) is 5.31. The van der Waals surface area contributed by atoms with Gasteiger partial charge in [0.15, 0.2) is 0 Å². The molecule has 1 aromatic carbocycles. The highest BCUT2D eigenvalue weighted by molar-refractivity contribution is 5.24. The van der Waals surface area contributed by atoms with Crippen molar-refractivity contribution in [3.8, 4) is 0 Å². The fraction of sp³-hybridized carbons (Fsp3) is 0.600. The summed E-state index contributed by atoms with van der Waals surface area (Å²) in [7, 11) is 0. The van der Waals surface area contributed by atoms with E-state index in [0.717, 1.165) is 32.7 Å². The number of ether oxygens (including phenoxy) is 1. The summed E-state index contributed by atoms with van der Waals surface area (Å²) in [6, 6.07) is 8.62. The summed E-state index contributed by atoms with van der Waals surface area (Å²) < 4.78 is 5.65. The van der Waals surface area contributed by atoms with Crippen molar-refractivity contribution in [2.75, 3.05) is 26.2 Å². The Bertz CT molecular complexity index is 363. The summed E-state index contributed by atoms with van der Waals surface area (Å²) in [5.74, 6) is 0. The summed E-state index contributed by atoms with van der Waals surface area (Å²) in [6.07, 6.45) is 1.42. The third-order valence-corrected chi connectivity index (χ3v) is 3.50. The molecule has 2 unspecified atom stereocenters. The molecule has 3 heteroatoms. The van der Waals surface area contributed by atoms with Crippen molar-refractivity contribution < 1.29 is 4.74 Å². The quantitative estimate of drug-likeness (QED) is 0.890. The van der Waals surface area contributed by atoms with Crippen LogP contribution in [0.1, 0.15) is 30.5 Å². The fourth-order valence-corrected chi connectivity index (χ4v) is 2.44. The molecule has 0 radical (unpaired) electrons. The Balaban J connectivity index is 1.93. The summed E-state index contributed by atoms with van der Waals surface area (Å²) in [5.41, 5.74) is 8.79. The predicted molar refractivity (Wildman–Crippen MR) is 74.6 cm³/mol. The van der Waals surface area contributed by atoms with Crippen molar-refractivity contribution in [3.05, 3.63) is 35.4 Å². The van der Waals surface area contributed by atoms with Crippen molar-refractivity contribution in [3.63, 3.8) is 0 Å². The molecule has 2 rings (SSSR count). The van der Waals surface area contributed by atoms with Gasteiger partial charge in [-0.1, -0.05) is 29.8 Å². The fourth-order valence-electron chi connectivity index (χ4n) is 2.44. The minimum atomic E-state index is 0.0934. The van der Waals surface area contributed by atoms with Crippen molar-refractivity contribution in [1.29, 1.82) is 0 Å². The minimum Gasteiger partial charge on any atom is -0.377 e. The van der Waals surface area contributed by atoms with Crippen LogP contribution < -0.4 is 5.73 Å². The number of aryl methyl sites for hydroxylation is 1. The van der Waals surface area contributed by atoms with Gasteiger partial charge in [-0.05, 0) is 25.8 Å². The highest BCUT2D eigenvalue weighted by Gasteiger charge is 2.17. The van der Waals surface area contributed by atoms with Gasteiger partial charge in [-0.25, -0.2) is 0 Å². The van der Waals surface area contributed by atoms with Gasteiger partial charge in [-0.3, -0.25) is 4.90 Å². The second kappa shape index (κ2) is 6.32. The Morgan fingerprint density at radius 3 is 2.83 bits per heavy atom. The topological polar surface area (TPSA) is 38.5 Å². The van der Waals surface area contributed by atoms with Crippen molar-refractivity contribution >= 4 is 0 Å². The molecule has 0 bridgehead atoms. The van der Waals surface area contributed by atoms with Gasteiger partial charge in [0.1, 0.15) is 0 Å². The third kappa shape index (κ3) is 3.80. The van der Waals surface area contributed by atoms with Crippen LogP contribution in [0.2, 0.25) is 0 Å². The number of benzene rings is 1. The van der Waals surface area contributed by atoms with Crippen LogP contribution in [0.15, 0.2) is 24.3 Å². The first-order valence-corrected chi connectivity index (χ1v) is 6.81. The Morgan fingerprint density at radius 2 is 2.11 bits per heavy atom. The lowest BCUT2D eigenvalue weighted by molar-refractivity contribution is 0.0670. The van der Waals surface area contributed by atoms with Crippen LogP contribution in [-0.4, -0.2) is 37.2 Å². The Hall–Kier alpha value is -0.900. The molecule has 1 aliphatic rings.